The lowest BCUT2D eigenvalue weighted by atomic mass is 9.77. The highest BCUT2D eigenvalue weighted by Gasteiger charge is 2.42. The van der Waals surface area contributed by atoms with E-state index in [-0.39, 0.29) is 29.9 Å². The number of aliphatic hydroxyl groups is 1. The van der Waals surface area contributed by atoms with Crippen LogP contribution in [0.25, 0.3) is 0 Å². The summed E-state index contributed by atoms with van der Waals surface area (Å²) < 4.78 is 13.1. The van der Waals surface area contributed by atoms with Crippen LogP contribution in [0.5, 0.6) is 0 Å². The van der Waals surface area contributed by atoms with Crippen molar-refractivity contribution in [2.45, 2.75) is 38.1 Å². The molecule has 0 heterocycles. The van der Waals surface area contributed by atoms with Crippen LogP contribution in [-0.4, -0.2) is 24.3 Å². The van der Waals surface area contributed by atoms with Crippen LogP contribution in [0.2, 0.25) is 0 Å². The number of hydrogen-bond donors (Lipinski definition) is 3. The minimum absolute atomic E-state index is 0.0707. The molecule has 0 aliphatic heterocycles. The summed E-state index contributed by atoms with van der Waals surface area (Å²) in [4.78, 5) is 12.2. The van der Waals surface area contributed by atoms with Crippen molar-refractivity contribution in [1.29, 1.82) is 0 Å². The lowest BCUT2D eigenvalue weighted by Gasteiger charge is -2.34. The molecule has 2 fully saturated rings. The summed E-state index contributed by atoms with van der Waals surface area (Å²) in [5.41, 5.74) is 0.851. The maximum Gasteiger partial charge on any atom is 0.315 e. The molecule has 0 aromatic heterocycles. The van der Waals surface area contributed by atoms with Gasteiger partial charge in [0.05, 0.1) is 12.6 Å². The maximum absolute atomic E-state index is 13.1. The third-order valence-electron chi connectivity index (χ3n) is 5.05. The normalized spacial score (nSPS) is 20.8. The molecule has 22 heavy (non-hydrogen) atoms. The van der Waals surface area contributed by atoms with Gasteiger partial charge < -0.3 is 15.7 Å². The molecular weight excluding hydrogens is 283 g/mol. The van der Waals surface area contributed by atoms with Crippen molar-refractivity contribution >= 4 is 6.03 Å². The molecule has 3 N–H and O–H groups in total. The van der Waals surface area contributed by atoms with Crippen molar-refractivity contribution in [2.75, 3.05) is 13.2 Å². The fraction of sp³-hybridized carbons (Fsp3) is 0.588. The van der Waals surface area contributed by atoms with E-state index in [1.807, 2.05) is 0 Å². The molecule has 2 aliphatic carbocycles. The van der Waals surface area contributed by atoms with Crippen molar-refractivity contribution in [3.8, 4) is 0 Å². The minimum atomic E-state index is -0.265. The van der Waals surface area contributed by atoms with Crippen LogP contribution in [0.1, 0.15) is 43.7 Å². The van der Waals surface area contributed by atoms with Crippen LogP contribution in [0.4, 0.5) is 9.18 Å². The Morgan fingerprint density at radius 1 is 1.32 bits per heavy atom. The van der Waals surface area contributed by atoms with E-state index >= 15 is 0 Å². The van der Waals surface area contributed by atoms with Gasteiger partial charge in [0, 0.05) is 12.0 Å². The van der Waals surface area contributed by atoms with Gasteiger partial charge in [-0.1, -0.05) is 18.6 Å². The molecule has 0 radical (unpaired) electrons. The summed E-state index contributed by atoms with van der Waals surface area (Å²) in [5, 5.41) is 15.2. The smallest absolute Gasteiger partial charge is 0.315 e. The third kappa shape index (κ3) is 3.40. The maximum atomic E-state index is 13.1. The number of amides is 2. The Bertz CT molecular complexity index is 524. The van der Waals surface area contributed by atoms with Crippen molar-refractivity contribution in [1.82, 2.24) is 10.6 Å². The number of benzene rings is 1. The Balaban J connectivity index is 1.60. The Hall–Kier alpha value is -1.62. The van der Waals surface area contributed by atoms with Gasteiger partial charge in [-0.25, -0.2) is 9.18 Å². The number of carbonyl (C=O) groups excluding carboxylic acids is 1. The van der Waals surface area contributed by atoms with E-state index in [0.717, 1.165) is 31.2 Å². The number of urea groups is 1. The van der Waals surface area contributed by atoms with E-state index in [1.54, 1.807) is 12.1 Å². The van der Waals surface area contributed by atoms with Gasteiger partial charge in [0.1, 0.15) is 5.82 Å². The molecule has 1 aromatic carbocycles. The predicted molar refractivity (Wildman–Crippen MR) is 81.8 cm³/mol. The quantitative estimate of drug-likeness (QED) is 0.757. The molecular formula is C17H23FN2O2. The average Bonchev–Trinajstić information content (AvgIpc) is 3.24. The van der Waals surface area contributed by atoms with Gasteiger partial charge in [0.15, 0.2) is 0 Å². The van der Waals surface area contributed by atoms with Crippen LogP contribution in [0.3, 0.4) is 0 Å². The molecule has 0 bridgehead atoms. The fourth-order valence-corrected chi connectivity index (χ4v) is 2.94. The van der Waals surface area contributed by atoms with Gasteiger partial charge in [-0.3, -0.25) is 0 Å². The lowest BCUT2D eigenvalue weighted by Crippen LogP contribution is -2.44. The minimum Gasteiger partial charge on any atom is -0.396 e. The highest BCUT2D eigenvalue weighted by Crippen LogP contribution is 2.44. The van der Waals surface area contributed by atoms with Crippen molar-refractivity contribution < 1.29 is 14.3 Å². The topological polar surface area (TPSA) is 61.4 Å². The Labute approximate surface area is 130 Å². The van der Waals surface area contributed by atoms with Crippen molar-refractivity contribution in [3.05, 3.63) is 35.6 Å². The van der Waals surface area contributed by atoms with Gasteiger partial charge in [-0.2, -0.15) is 0 Å². The molecule has 0 spiro atoms. The Morgan fingerprint density at radius 3 is 2.50 bits per heavy atom. The molecule has 2 saturated carbocycles. The number of rotatable bonds is 6. The van der Waals surface area contributed by atoms with E-state index in [4.69, 9.17) is 0 Å². The molecule has 3 rings (SSSR count). The van der Waals surface area contributed by atoms with E-state index in [9.17, 15) is 14.3 Å². The molecule has 0 unspecified atom stereocenters. The van der Waals surface area contributed by atoms with E-state index in [0.29, 0.717) is 12.5 Å². The fourth-order valence-electron chi connectivity index (χ4n) is 2.94. The summed E-state index contributed by atoms with van der Waals surface area (Å²) in [6.07, 6.45) is 5.28. The van der Waals surface area contributed by atoms with E-state index < -0.39 is 0 Å². The van der Waals surface area contributed by atoms with Crippen molar-refractivity contribution in [2.24, 2.45) is 11.3 Å². The number of hydrogen-bond acceptors (Lipinski definition) is 2. The molecule has 4 nitrogen and oxygen atoms in total. The standard InChI is InChI=1S/C17H23FN2O2/c18-14-6-4-13(5-7-14)15(12-2-1-3-12)20-16(22)19-10-17(11-21)8-9-17/h4-7,12,15,21H,1-3,8-11H2,(H2,19,20,22)/t15-/m1/s1. The number of carbonyl (C=O) groups is 1. The summed E-state index contributed by atoms with van der Waals surface area (Å²) >= 11 is 0. The van der Waals surface area contributed by atoms with Gasteiger partial charge in [-0.15, -0.1) is 0 Å². The van der Waals surface area contributed by atoms with Crippen LogP contribution >= 0.6 is 0 Å². The highest BCUT2D eigenvalue weighted by atomic mass is 19.1. The van der Waals surface area contributed by atoms with Crippen molar-refractivity contribution in [3.63, 3.8) is 0 Å². The summed E-state index contributed by atoms with van der Waals surface area (Å²) in [7, 11) is 0. The molecule has 120 valence electrons. The van der Waals surface area contributed by atoms with Crippen LogP contribution < -0.4 is 10.6 Å². The van der Waals surface area contributed by atoms with Gasteiger partial charge >= 0.3 is 6.03 Å². The SMILES string of the molecule is O=C(NCC1(CO)CC1)N[C@@H](c1ccc(F)cc1)C1CCC1. The van der Waals surface area contributed by atoms with Gasteiger partial charge in [0.2, 0.25) is 0 Å². The van der Waals surface area contributed by atoms with Crippen LogP contribution in [0, 0.1) is 17.2 Å². The summed E-state index contributed by atoms with van der Waals surface area (Å²) in [6, 6.07) is 6.08. The highest BCUT2D eigenvalue weighted by molar-refractivity contribution is 5.74. The molecule has 5 heteroatoms. The number of aliphatic hydroxyl groups excluding tert-OH is 1. The zero-order valence-corrected chi connectivity index (χ0v) is 12.6. The number of nitrogens with one attached hydrogen (secondary N) is 2. The second kappa shape index (κ2) is 6.24. The summed E-state index contributed by atoms with van der Waals surface area (Å²) in [5.74, 6) is 0.156. The van der Waals surface area contributed by atoms with Gasteiger partial charge in [0.25, 0.3) is 0 Å². The predicted octanol–water partition coefficient (Wildman–Crippen LogP) is 2.74. The molecule has 0 saturated heterocycles. The van der Waals surface area contributed by atoms with Crippen LogP contribution in [-0.2, 0) is 0 Å². The van der Waals surface area contributed by atoms with E-state index in [2.05, 4.69) is 10.6 Å². The first-order chi connectivity index (χ1) is 10.6. The number of halogens is 1. The average molecular weight is 306 g/mol. The van der Waals surface area contributed by atoms with Crippen LogP contribution in [0.15, 0.2) is 24.3 Å². The largest absolute Gasteiger partial charge is 0.396 e. The van der Waals surface area contributed by atoms with Gasteiger partial charge in [-0.05, 0) is 49.3 Å². The summed E-state index contributed by atoms with van der Waals surface area (Å²) in [6.45, 7) is 0.632. The second-order valence-corrected chi connectivity index (χ2v) is 6.71. The first kappa shape index (κ1) is 15.3. The Kier molecular flexibility index (Phi) is 4.34. The van der Waals surface area contributed by atoms with E-state index in [1.165, 1.54) is 18.6 Å². The molecule has 1 atom stereocenters. The zero-order chi connectivity index (χ0) is 15.6. The monoisotopic (exact) mass is 306 g/mol. The first-order valence-electron chi connectivity index (χ1n) is 8.03. The third-order valence-corrected chi connectivity index (χ3v) is 5.05. The lowest BCUT2D eigenvalue weighted by molar-refractivity contribution is 0.193. The Morgan fingerprint density at radius 2 is 2.00 bits per heavy atom. The first-order valence-corrected chi connectivity index (χ1v) is 8.03. The zero-order valence-electron chi connectivity index (χ0n) is 12.6. The molecule has 2 amide bonds. The molecule has 2 aliphatic rings. The second-order valence-electron chi connectivity index (χ2n) is 6.71. The molecule has 1 aromatic rings.